The number of nitrogens with two attached hydrogens (primary N) is 1. The molecule has 7 nitrogen and oxygen atoms in total. The summed E-state index contributed by atoms with van der Waals surface area (Å²) in [6.07, 6.45) is 1.94. The average Bonchev–Trinajstić information content (AvgIpc) is 2.16. The summed E-state index contributed by atoms with van der Waals surface area (Å²) in [7, 11) is -3.35. The number of hydrogen-bond donors (Lipinski definition) is 3. The minimum absolute atomic E-state index is 0.109. The molecule has 0 bridgehead atoms. The Kier molecular flexibility index (Phi) is 4.90. The molecule has 0 saturated carbocycles. The third kappa shape index (κ3) is 4.87. The second-order valence-electron chi connectivity index (χ2n) is 3.44. The van der Waals surface area contributed by atoms with E-state index in [0.29, 0.717) is 6.54 Å². The molecule has 0 radical (unpaired) electrons. The van der Waals surface area contributed by atoms with Crippen LogP contribution in [0.3, 0.4) is 0 Å². The van der Waals surface area contributed by atoms with Crippen LogP contribution in [-0.2, 0) is 14.3 Å². The predicted octanol–water partition coefficient (Wildman–Crippen LogP) is -2.00. The highest BCUT2D eigenvalue weighted by Gasteiger charge is 2.20. The lowest BCUT2D eigenvalue weighted by Gasteiger charge is -2.35. The number of nitrogens with one attached hydrogen (secondary N) is 2. The van der Waals surface area contributed by atoms with Crippen LogP contribution in [0.4, 0.5) is 0 Å². The Morgan fingerprint density at radius 2 is 2.40 bits per heavy atom. The largest absolute Gasteiger partial charge is 0.288 e. The van der Waals surface area contributed by atoms with E-state index in [1.54, 1.807) is 0 Å². The van der Waals surface area contributed by atoms with Crippen LogP contribution in [0, 0.1) is 0 Å². The third-order valence-corrected chi connectivity index (χ3v) is 2.75. The summed E-state index contributed by atoms with van der Waals surface area (Å²) in [5, 5.41) is 3.15. The molecule has 1 unspecified atom stereocenters. The minimum atomic E-state index is -3.35. The molecular formula is C7H18N4O3S. The van der Waals surface area contributed by atoms with Gasteiger partial charge < -0.3 is 0 Å². The number of nitrogens with zero attached hydrogens (tertiary/aromatic N) is 1. The van der Waals surface area contributed by atoms with Gasteiger partial charge in [-0.25, -0.2) is 5.43 Å². The van der Waals surface area contributed by atoms with Gasteiger partial charge in [0, 0.05) is 13.1 Å². The lowest BCUT2D eigenvalue weighted by atomic mass is 10.3. The second kappa shape index (κ2) is 5.73. The summed E-state index contributed by atoms with van der Waals surface area (Å²) in [6, 6.07) is 0. The van der Waals surface area contributed by atoms with Crippen molar-refractivity contribution in [2.45, 2.75) is 12.7 Å². The van der Waals surface area contributed by atoms with E-state index in [-0.39, 0.29) is 12.9 Å². The van der Waals surface area contributed by atoms with Crippen molar-refractivity contribution in [2.24, 2.45) is 5.84 Å². The molecule has 1 fully saturated rings. The van der Waals surface area contributed by atoms with Crippen molar-refractivity contribution in [3.8, 4) is 0 Å². The van der Waals surface area contributed by atoms with Crippen molar-refractivity contribution in [3.63, 3.8) is 0 Å². The Balaban J connectivity index is 2.29. The summed E-state index contributed by atoms with van der Waals surface area (Å²) < 4.78 is 26.1. The lowest BCUT2D eigenvalue weighted by Crippen LogP contribution is -2.61. The number of hydrazine groups is 1. The van der Waals surface area contributed by atoms with E-state index in [1.165, 1.54) is 0 Å². The van der Waals surface area contributed by atoms with Crippen LogP contribution in [-0.4, -0.2) is 52.1 Å². The molecule has 8 heteroatoms. The smallest absolute Gasteiger partial charge is 0.264 e. The molecule has 0 aromatic heterocycles. The van der Waals surface area contributed by atoms with E-state index in [4.69, 9.17) is 5.84 Å². The fourth-order valence-corrected chi connectivity index (χ4v) is 1.87. The summed E-state index contributed by atoms with van der Waals surface area (Å²) in [5.74, 6) is 5.34. The maximum absolute atomic E-state index is 10.7. The fourth-order valence-electron chi connectivity index (χ4n) is 1.49. The molecule has 1 atom stereocenters. The molecule has 1 saturated heterocycles. The Morgan fingerprint density at radius 3 is 3.00 bits per heavy atom. The second-order valence-corrected chi connectivity index (χ2v) is 5.08. The molecule has 0 amide bonds. The van der Waals surface area contributed by atoms with Gasteiger partial charge in [-0.1, -0.05) is 0 Å². The van der Waals surface area contributed by atoms with Gasteiger partial charge in [0.15, 0.2) is 0 Å². The molecular weight excluding hydrogens is 220 g/mol. The van der Waals surface area contributed by atoms with Crippen molar-refractivity contribution in [2.75, 3.05) is 32.5 Å². The minimum Gasteiger partial charge on any atom is -0.288 e. The van der Waals surface area contributed by atoms with E-state index in [0.717, 1.165) is 25.8 Å². The zero-order valence-electron chi connectivity index (χ0n) is 8.77. The lowest BCUT2D eigenvalue weighted by molar-refractivity contribution is 0.0876. The van der Waals surface area contributed by atoms with Gasteiger partial charge in [-0.15, -0.1) is 0 Å². The quantitative estimate of drug-likeness (QED) is 0.290. The van der Waals surface area contributed by atoms with Crippen LogP contribution < -0.4 is 16.6 Å². The number of rotatable bonds is 5. The molecule has 4 N–H and O–H groups in total. The Bertz CT molecular complexity index is 282. The highest BCUT2D eigenvalue weighted by molar-refractivity contribution is 7.85. The number of hydrogen-bond acceptors (Lipinski definition) is 7. The first-order valence-electron chi connectivity index (χ1n) is 4.81. The van der Waals surface area contributed by atoms with Crippen molar-refractivity contribution >= 4 is 10.1 Å². The topological polar surface area (TPSA) is 96.7 Å². The third-order valence-electron chi connectivity index (χ3n) is 2.16. The van der Waals surface area contributed by atoms with E-state index < -0.39 is 10.1 Å². The van der Waals surface area contributed by atoms with Gasteiger partial charge in [-0.2, -0.15) is 8.42 Å². The van der Waals surface area contributed by atoms with E-state index in [1.807, 2.05) is 4.90 Å². The van der Waals surface area contributed by atoms with Crippen LogP contribution in [0.15, 0.2) is 0 Å². The van der Waals surface area contributed by atoms with Crippen LogP contribution in [0.5, 0.6) is 0 Å². The van der Waals surface area contributed by atoms with Crippen molar-refractivity contribution in [1.29, 1.82) is 0 Å². The first-order valence-corrected chi connectivity index (χ1v) is 6.62. The SMILES string of the molecule is CS(=O)(=O)OCCN1CCCNC1NN. The maximum Gasteiger partial charge on any atom is 0.264 e. The Labute approximate surface area is 90.0 Å². The first kappa shape index (κ1) is 12.8. The normalized spacial score (nSPS) is 24.3. The molecule has 0 aromatic carbocycles. The average molecular weight is 238 g/mol. The highest BCUT2D eigenvalue weighted by Crippen LogP contribution is 2.01. The van der Waals surface area contributed by atoms with Gasteiger partial charge in [0.2, 0.25) is 0 Å². The summed E-state index contributed by atoms with van der Waals surface area (Å²) >= 11 is 0. The van der Waals surface area contributed by atoms with Gasteiger partial charge in [0.25, 0.3) is 10.1 Å². The summed E-state index contributed by atoms with van der Waals surface area (Å²) in [6.45, 7) is 2.45. The van der Waals surface area contributed by atoms with E-state index >= 15 is 0 Å². The van der Waals surface area contributed by atoms with Gasteiger partial charge in [0.1, 0.15) is 6.29 Å². The highest BCUT2D eigenvalue weighted by atomic mass is 32.2. The fraction of sp³-hybridized carbons (Fsp3) is 1.00. The zero-order chi connectivity index (χ0) is 11.3. The van der Waals surface area contributed by atoms with Gasteiger partial charge in [-0.05, 0) is 13.0 Å². The van der Waals surface area contributed by atoms with Crippen LogP contribution in [0.1, 0.15) is 6.42 Å². The van der Waals surface area contributed by atoms with Crippen molar-refractivity contribution in [3.05, 3.63) is 0 Å². The monoisotopic (exact) mass is 238 g/mol. The molecule has 1 aliphatic heterocycles. The van der Waals surface area contributed by atoms with Crippen LogP contribution in [0.25, 0.3) is 0 Å². The standard InChI is InChI=1S/C7H18N4O3S/c1-15(12,13)14-6-5-11-4-2-3-9-7(11)10-8/h7,9-10H,2-6,8H2,1H3. The van der Waals surface area contributed by atoms with Crippen LogP contribution in [0.2, 0.25) is 0 Å². The van der Waals surface area contributed by atoms with E-state index in [2.05, 4.69) is 14.9 Å². The van der Waals surface area contributed by atoms with Crippen LogP contribution >= 0.6 is 0 Å². The molecule has 0 aliphatic carbocycles. The first-order chi connectivity index (χ1) is 7.03. The van der Waals surface area contributed by atoms with Crippen molar-refractivity contribution in [1.82, 2.24) is 15.6 Å². The van der Waals surface area contributed by atoms with Crippen molar-refractivity contribution < 1.29 is 12.6 Å². The summed E-state index contributed by atoms with van der Waals surface area (Å²) in [4.78, 5) is 1.99. The Morgan fingerprint density at radius 1 is 1.67 bits per heavy atom. The van der Waals surface area contributed by atoms with Gasteiger partial charge in [-0.3, -0.25) is 20.2 Å². The van der Waals surface area contributed by atoms with Gasteiger partial charge in [0.05, 0.1) is 12.9 Å². The van der Waals surface area contributed by atoms with E-state index in [9.17, 15) is 8.42 Å². The molecule has 1 aliphatic rings. The molecule has 90 valence electrons. The molecule has 0 aromatic rings. The molecule has 1 rings (SSSR count). The molecule has 1 heterocycles. The van der Waals surface area contributed by atoms with Gasteiger partial charge >= 0.3 is 0 Å². The Hall–Kier alpha value is -0.250. The predicted molar refractivity (Wildman–Crippen MR) is 56.1 cm³/mol. The zero-order valence-corrected chi connectivity index (χ0v) is 9.59. The molecule has 15 heavy (non-hydrogen) atoms. The maximum atomic E-state index is 10.7. The molecule has 0 spiro atoms. The summed E-state index contributed by atoms with van der Waals surface area (Å²) in [5.41, 5.74) is 2.61.